The second-order valence-corrected chi connectivity index (χ2v) is 5.16. The minimum Gasteiger partial charge on any atom is -0.467 e. The van der Waals surface area contributed by atoms with Gasteiger partial charge in [0.05, 0.1) is 18.5 Å². The van der Waals surface area contributed by atoms with Crippen LogP contribution >= 0.6 is 0 Å². The molecule has 0 fully saturated rings. The predicted octanol–water partition coefficient (Wildman–Crippen LogP) is 2.46. The summed E-state index contributed by atoms with van der Waals surface area (Å²) in [5.41, 5.74) is 0.546. The molecule has 3 aromatic rings. The van der Waals surface area contributed by atoms with Gasteiger partial charge in [0.1, 0.15) is 18.6 Å². The molecule has 10 heteroatoms. The number of hydrogen-bond donors (Lipinski definition) is 0. The first-order chi connectivity index (χ1) is 11.9. The normalized spacial score (nSPS) is 11.5. The number of benzene rings is 1. The zero-order valence-electron chi connectivity index (χ0n) is 12.7. The van der Waals surface area contributed by atoms with Crippen molar-refractivity contribution in [2.24, 2.45) is 0 Å². The van der Waals surface area contributed by atoms with E-state index < -0.39 is 18.6 Å². The van der Waals surface area contributed by atoms with Gasteiger partial charge in [0, 0.05) is 5.56 Å². The van der Waals surface area contributed by atoms with Crippen molar-refractivity contribution in [3.05, 3.63) is 60.3 Å². The van der Waals surface area contributed by atoms with Gasteiger partial charge in [-0.2, -0.15) is 13.2 Å². The number of furan rings is 1. The Morgan fingerprint density at radius 1 is 1.24 bits per heavy atom. The first kappa shape index (κ1) is 16.7. The van der Waals surface area contributed by atoms with E-state index in [9.17, 15) is 18.0 Å². The maximum atomic E-state index is 12.9. The number of hydrogen-bond acceptors (Lipinski definition) is 5. The first-order valence-electron chi connectivity index (χ1n) is 7.14. The Hall–Kier alpha value is -3.17. The molecule has 0 aliphatic heterocycles. The van der Waals surface area contributed by atoms with Crippen LogP contribution in [0.25, 0.3) is 5.69 Å². The quantitative estimate of drug-likeness (QED) is 0.706. The summed E-state index contributed by atoms with van der Waals surface area (Å²) in [7, 11) is 0. The van der Waals surface area contributed by atoms with Crippen molar-refractivity contribution in [2.45, 2.75) is 12.7 Å². The number of rotatable bonds is 5. The molecule has 0 spiro atoms. The molecular formula is C15H12F3N5O2. The molecule has 0 bridgehead atoms. The summed E-state index contributed by atoms with van der Waals surface area (Å²) < 4.78 is 44.9. The van der Waals surface area contributed by atoms with Gasteiger partial charge in [0.2, 0.25) is 0 Å². The highest BCUT2D eigenvalue weighted by Gasteiger charge is 2.34. The minimum atomic E-state index is -4.53. The Morgan fingerprint density at radius 3 is 2.72 bits per heavy atom. The minimum absolute atomic E-state index is 0.0869. The van der Waals surface area contributed by atoms with Crippen LogP contribution in [0.5, 0.6) is 0 Å². The number of alkyl halides is 3. The lowest BCUT2D eigenvalue weighted by Crippen LogP contribution is -2.38. The fraction of sp³-hybridized carbons (Fsp3) is 0.200. The smallest absolute Gasteiger partial charge is 0.406 e. The highest BCUT2D eigenvalue weighted by molar-refractivity contribution is 5.94. The molecular weight excluding hydrogens is 339 g/mol. The van der Waals surface area contributed by atoms with Gasteiger partial charge in [0.15, 0.2) is 0 Å². The fourth-order valence-corrected chi connectivity index (χ4v) is 2.25. The van der Waals surface area contributed by atoms with Crippen LogP contribution in [0.15, 0.2) is 53.4 Å². The molecule has 1 amide bonds. The molecule has 0 N–H and O–H groups in total. The van der Waals surface area contributed by atoms with Crippen molar-refractivity contribution in [1.82, 2.24) is 25.1 Å². The molecule has 0 saturated carbocycles. The second-order valence-electron chi connectivity index (χ2n) is 5.16. The van der Waals surface area contributed by atoms with Crippen LogP contribution in [0.1, 0.15) is 16.1 Å². The molecule has 7 nitrogen and oxygen atoms in total. The van der Waals surface area contributed by atoms with E-state index in [1.54, 1.807) is 18.2 Å². The van der Waals surface area contributed by atoms with Gasteiger partial charge in [-0.05, 0) is 40.8 Å². The molecule has 0 radical (unpaired) electrons. The average molecular weight is 351 g/mol. The van der Waals surface area contributed by atoms with Crippen molar-refractivity contribution in [3.63, 3.8) is 0 Å². The number of carbonyl (C=O) groups is 1. The van der Waals surface area contributed by atoms with E-state index in [4.69, 9.17) is 4.42 Å². The molecule has 3 rings (SSSR count). The van der Waals surface area contributed by atoms with Crippen molar-refractivity contribution in [2.75, 3.05) is 6.54 Å². The third-order valence-corrected chi connectivity index (χ3v) is 3.29. The second kappa shape index (κ2) is 6.75. The highest BCUT2D eigenvalue weighted by atomic mass is 19.4. The van der Waals surface area contributed by atoms with Crippen LogP contribution in [0.2, 0.25) is 0 Å². The average Bonchev–Trinajstić information content (AvgIpc) is 3.26. The molecule has 0 aliphatic carbocycles. The van der Waals surface area contributed by atoms with Crippen LogP contribution < -0.4 is 0 Å². The molecule has 1 aromatic carbocycles. The lowest BCUT2D eigenvalue weighted by atomic mass is 10.1. The fourth-order valence-electron chi connectivity index (χ4n) is 2.25. The number of tetrazole rings is 1. The monoisotopic (exact) mass is 351 g/mol. The van der Waals surface area contributed by atoms with Crippen molar-refractivity contribution in [3.8, 4) is 5.69 Å². The van der Waals surface area contributed by atoms with Crippen molar-refractivity contribution in [1.29, 1.82) is 0 Å². The zero-order valence-corrected chi connectivity index (χ0v) is 12.7. The highest BCUT2D eigenvalue weighted by Crippen LogP contribution is 2.21. The van der Waals surface area contributed by atoms with Gasteiger partial charge >= 0.3 is 6.18 Å². The molecule has 0 atom stereocenters. The SMILES string of the molecule is O=C(c1cccc(-n2cnnn2)c1)N(Cc1ccco1)CC(F)(F)F. The summed E-state index contributed by atoms with van der Waals surface area (Å²) in [4.78, 5) is 13.3. The zero-order chi connectivity index (χ0) is 17.9. The predicted molar refractivity (Wildman–Crippen MR) is 78.7 cm³/mol. The first-order valence-corrected chi connectivity index (χ1v) is 7.14. The van der Waals surface area contributed by atoms with Crippen molar-refractivity contribution >= 4 is 5.91 Å². The number of carbonyl (C=O) groups excluding carboxylic acids is 1. The number of halogens is 3. The Kier molecular flexibility index (Phi) is 4.50. The summed E-state index contributed by atoms with van der Waals surface area (Å²) in [6, 6.07) is 9.08. The van der Waals surface area contributed by atoms with E-state index in [1.807, 2.05) is 0 Å². The van der Waals surface area contributed by atoms with E-state index >= 15 is 0 Å². The molecule has 130 valence electrons. The summed E-state index contributed by atoms with van der Waals surface area (Å²) in [5.74, 6) is -0.516. The number of nitrogens with zero attached hydrogens (tertiary/aromatic N) is 5. The van der Waals surface area contributed by atoms with Crippen LogP contribution in [-0.4, -0.2) is 43.7 Å². The standard InChI is InChI=1S/C15H12F3N5O2/c16-15(17,18)9-22(8-13-5-2-6-25-13)14(24)11-3-1-4-12(7-11)23-10-19-20-21-23/h1-7,10H,8-9H2. The van der Waals surface area contributed by atoms with Crippen LogP contribution in [-0.2, 0) is 6.54 Å². The topological polar surface area (TPSA) is 77.1 Å². The maximum absolute atomic E-state index is 12.9. The van der Waals surface area contributed by atoms with Crippen LogP contribution in [0, 0.1) is 0 Å². The van der Waals surface area contributed by atoms with Gasteiger partial charge in [-0.3, -0.25) is 4.79 Å². The molecule has 0 unspecified atom stereocenters. The van der Waals surface area contributed by atoms with E-state index in [0.717, 1.165) is 0 Å². The Bertz CT molecular complexity index is 831. The van der Waals surface area contributed by atoms with E-state index in [-0.39, 0.29) is 17.9 Å². The van der Waals surface area contributed by atoms with Gasteiger partial charge in [0.25, 0.3) is 5.91 Å². The Balaban J connectivity index is 1.87. The maximum Gasteiger partial charge on any atom is 0.406 e. The van der Waals surface area contributed by atoms with Gasteiger partial charge in [-0.25, -0.2) is 4.68 Å². The summed E-state index contributed by atoms with van der Waals surface area (Å²) in [6.45, 7) is -1.68. The Morgan fingerprint density at radius 2 is 2.08 bits per heavy atom. The molecule has 2 aromatic heterocycles. The molecule has 25 heavy (non-hydrogen) atoms. The molecule has 0 saturated heterocycles. The van der Waals surface area contributed by atoms with E-state index in [2.05, 4.69) is 15.5 Å². The lowest BCUT2D eigenvalue weighted by Gasteiger charge is -2.23. The van der Waals surface area contributed by atoms with Gasteiger partial charge in [-0.15, -0.1) is 5.10 Å². The molecule has 2 heterocycles. The van der Waals surface area contributed by atoms with E-state index in [0.29, 0.717) is 10.6 Å². The Labute approximate surface area is 139 Å². The third kappa shape index (κ3) is 4.22. The largest absolute Gasteiger partial charge is 0.467 e. The molecule has 0 aliphatic rings. The number of amides is 1. The summed E-state index contributed by atoms with van der Waals surface area (Å²) in [5, 5.41) is 10.7. The third-order valence-electron chi connectivity index (χ3n) is 3.29. The summed E-state index contributed by atoms with van der Waals surface area (Å²) >= 11 is 0. The van der Waals surface area contributed by atoms with Gasteiger partial charge < -0.3 is 9.32 Å². The van der Waals surface area contributed by atoms with Crippen LogP contribution in [0.4, 0.5) is 13.2 Å². The number of aromatic nitrogens is 4. The van der Waals surface area contributed by atoms with E-state index in [1.165, 1.54) is 35.5 Å². The van der Waals surface area contributed by atoms with Crippen LogP contribution in [0.3, 0.4) is 0 Å². The van der Waals surface area contributed by atoms with Gasteiger partial charge in [-0.1, -0.05) is 6.07 Å². The van der Waals surface area contributed by atoms with Crippen molar-refractivity contribution < 1.29 is 22.4 Å². The lowest BCUT2D eigenvalue weighted by molar-refractivity contribution is -0.142. The summed E-state index contributed by atoms with van der Waals surface area (Å²) in [6.07, 6.45) is -1.88.